The van der Waals surface area contributed by atoms with Crippen LogP contribution in [0.15, 0.2) is 34.7 Å². The first-order chi connectivity index (χ1) is 10.2. The van der Waals surface area contributed by atoms with E-state index in [0.29, 0.717) is 6.04 Å². The van der Waals surface area contributed by atoms with E-state index < -0.39 is 0 Å². The van der Waals surface area contributed by atoms with Gasteiger partial charge in [0.25, 0.3) is 0 Å². The second kappa shape index (κ2) is 7.62. The molecule has 0 radical (unpaired) electrons. The minimum Gasteiger partial charge on any atom is -0.459 e. The van der Waals surface area contributed by atoms with Crippen LogP contribution in [0.4, 0.5) is 0 Å². The van der Waals surface area contributed by atoms with Crippen LogP contribution >= 0.6 is 0 Å². The van der Waals surface area contributed by atoms with Crippen molar-refractivity contribution in [1.82, 2.24) is 10.2 Å². The SMILES string of the molecule is CCNC(CN(C)C(CC)CC)c1cc2ccccc2o1. The number of nitrogens with one attached hydrogen (secondary N) is 1. The Morgan fingerprint density at radius 1 is 1.14 bits per heavy atom. The van der Waals surface area contributed by atoms with Gasteiger partial charge in [0.05, 0.1) is 6.04 Å². The zero-order valence-electron chi connectivity index (χ0n) is 13.7. The van der Waals surface area contributed by atoms with E-state index in [2.05, 4.69) is 56.2 Å². The lowest BCUT2D eigenvalue weighted by atomic mass is 10.1. The maximum absolute atomic E-state index is 6.04. The first kappa shape index (κ1) is 16.1. The Hall–Kier alpha value is -1.32. The molecule has 0 spiro atoms. The average molecular weight is 288 g/mol. The summed E-state index contributed by atoms with van der Waals surface area (Å²) in [5, 5.41) is 4.74. The Balaban J connectivity index is 2.17. The number of para-hydroxylation sites is 1. The summed E-state index contributed by atoms with van der Waals surface area (Å²) >= 11 is 0. The van der Waals surface area contributed by atoms with Gasteiger partial charge >= 0.3 is 0 Å². The van der Waals surface area contributed by atoms with Crippen molar-refractivity contribution in [2.75, 3.05) is 20.1 Å². The van der Waals surface area contributed by atoms with E-state index in [-0.39, 0.29) is 6.04 Å². The summed E-state index contributed by atoms with van der Waals surface area (Å²) in [5.41, 5.74) is 0.973. The van der Waals surface area contributed by atoms with Gasteiger partial charge in [0, 0.05) is 18.0 Å². The minimum atomic E-state index is 0.244. The number of furan rings is 1. The molecule has 1 atom stereocenters. The van der Waals surface area contributed by atoms with Gasteiger partial charge in [-0.05, 0) is 38.6 Å². The van der Waals surface area contributed by atoms with Crippen LogP contribution in [0.3, 0.4) is 0 Å². The van der Waals surface area contributed by atoms with E-state index in [1.54, 1.807) is 0 Å². The van der Waals surface area contributed by atoms with Crippen LogP contribution in [0, 0.1) is 0 Å². The van der Waals surface area contributed by atoms with Crippen LogP contribution in [0.25, 0.3) is 11.0 Å². The molecule has 1 aromatic carbocycles. The highest BCUT2D eigenvalue weighted by atomic mass is 16.3. The Morgan fingerprint density at radius 2 is 1.86 bits per heavy atom. The fourth-order valence-corrected chi connectivity index (χ4v) is 3.02. The smallest absolute Gasteiger partial charge is 0.134 e. The van der Waals surface area contributed by atoms with Crippen LogP contribution in [0.5, 0.6) is 0 Å². The second-order valence-corrected chi connectivity index (χ2v) is 5.71. The first-order valence-corrected chi connectivity index (χ1v) is 8.11. The van der Waals surface area contributed by atoms with Gasteiger partial charge in [-0.25, -0.2) is 0 Å². The predicted molar refractivity (Wildman–Crippen MR) is 89.6 cm³/mol. The van der Waals surface area contributed by atoms with E-state index in [4.69, 9.17) is 4.42 Å². The van der Waals surface area contributed by atoms with Gasteiger partial charge in [-0.2, -0.15) is 0 Å². The number of hydrogen-bond donors (Lipinski definition) is 1. The van der Waals surface area contributed by atoms with Crippen molar-refractivity contribution in [3.05, 3.63) is 36.1 Å². The molecule has 116 valence electrons. The maximum atomic E-state index is 6.04. The standard InChI is InChI=1S/C18H28N2O/c1-5-15(6-2)20(4)13-16(19-7-3)18-12-14-10-8-9-11-17(14)21-18/h8-12,15-16,19H,5-7,13H2,1-4H3. The molecule has 0 saturated heterocycles. The normalized spacial score (nSPS) is 13.4. The van der Waals surface area contributed by atoms with Gasteiger partial charge in [-0.15, -0.1) is 0 Å². The Morgan fingerprint density at radius 3 is 2.48 bits per heavy atom. The lowest BCUT2D eigenvalue weighted by Gasteiger charge is -2.29. The summed E-state index contributed by atoms with van der Waals surface area (Å²) in [6.45, 7) is 8.58. The number of fused-ring (bicyclic) bond motifs is 1. The quantitative estimate of drug-likeness (QED) is 0.789. The molecule has 3 heteroatoms. The number of hydrogen-bond acceptors (Lipinski definition) is 3. The summed E-state index contributed by atoms with van der Waals surface area (Å²) < 4.78 is 6.04. The van der Waals surface area contributed by atoms with Crippen LogP contribution in [0.2, 0.25) is 0 Å². The molecule has 0 saturated carbocycles. The third-order valence-corrected chi connectivity index (χ3v) is 4.27. The monoisotopic (exact) mass is 288 g/mol. The average Bonchev–Trinajstić information content (AvgIpc) is 2.92. The topological polar surface area (TPSA) is 28.4 Å². The number of nitrogens with zero attached hydrogens (tertiary/aromatic N) is 1. The molecule has 0 aliphatic heterocycles. The molecule has 1 heterocycles. The molecule has 21 heavy (non-hydrogen) atoms. The molecule has 3 nitrogen and oxygen atoms in total. The van der Waals surface area contributed by atoms with Gasteiger partial charge < -0.3 is 14.6 Å². The third kappa shape index (κ3) is 3.86. The summed E-state index contributed by atoms with van der Waals surface area (Å²) in [5.74, 6) is 1.04. The minimum absolute atomic E-state index is 0.244. The van der Waals surface area contributed by atoms with Crippen LogP contribution < -0.4 is 5.32 Å². The number of rotatable bonds is 8. The van der Waals surface area contributed by atoms with Gasteiger partial charge in [0.2, 0.25) is 0 Å². The largest absolute Gasteiger partial charge is 0.459 e. The first-order valence-electron chi connectivity index (χ1n) is 8.11. The fourth-order valence-electron chi connectivity index (χ4n) is 3.02. The molecule has 2 aromatic rings. The zero-order valence-corrected chi connectivity index (χ0v) is 13.7. The molecule has 2 rings (SSSR count). The van der Waals surface area contributed by atoms with Crippen molar-refractivity contribution in [3.8, 4) is 0 Å². The Labute approximate surface area is 128 Å². The van der Waals surface area contributed by atoms with E-state index in [0.717, 1.165) is 24.4 Å². The van der Waals surface area contributed by atoms with Crippen molar-refractivity contribution in [3.63, 3.8) is 0 Å². The Bertz CT molecular complexity index is 512. The highest BCUT2D eigenvalue weighted by Crippen LogP contribution is 2.25. The van der Waals surface area contributed by atoms with Gasteiger partial charge in [-0.1, -0.05) is 39.0 Å². The molecule has 0 aliphatic rings. The van der Waals surface area contributed by atoms with Crippen LogP contribution in [-0.4, -0.2) is 31.1 Å². The second-order valence-electron chi connectivity index (χ2n) is 5.71. The molecule has 1 aromatic heterocycles. The summed E-state index contributed by atoms with van der Waals surface area (Å²) in [6, 6.07) is 11.3. The van der Waals surface area contributed by atoms with Gasteiger partial charge in [-0.3, -0.25) is 0 Å². The molecule has 0 aliphatic carbocycles. The van der Waals surface area contributed by atoms with E-state index in [1.807, 2.05) is 12.1 Å². The van der Waals surface area contributed by atoms with Gasteiger partial charge in [0.1, 0.15) is 11.3 Å². The van der Waals surface area contributed by atoms with Crippen molar-refractivity contribution in [2.45, 2.75) is 45.7 Å². The van der Waals surface area contributed by atoms with Crippen LogP contribution in [0.1, 0.15) is 45.4 Å². The lowest BCUT2D eigenvalue weighted by molar-refractivity contribution is 0.198. The molecular formula is C18H28N2O. The zero-order chi connectivity index (χ0) is 15.2. The number of benzene rings is 1. The van der Waals surface area contributed by atoms with Crippen LogP contribution in [-0.2, 0) is 0 Å². The molecule has 0 bridgehead atoms. The van der Waals surface area contributed by atoms with Crippen molar-refractivity contribution >= 4 is 11.0 Å². The van der Waals surface area contributed by atoms with Crippen molar-refractivity contribution in [1.29, 1.82) is 0 Å². The number of likely N-dealkylation sites (N-methyl/N-ethyl adjacent to an activating group) is 2. The Kier molecular flexibility index (Phi) is 5.83. The van der Waals surface area contributed by atoms with E-state index >= 15 is 0 Å². The lowest BCUT2D eigenvalue weighted by Crippen LogP contribution is -2.38. The van der Waals surface area contributed by atoms with Crippen molar-refractivity contribution in [2.24, 2.45) is 0 Å². The summed E-state index contributed by atoms with van der Waals surface area (Å²) in [7, 11) is 2.21. The molecular weight excluding hydrogens is 260 g/mol. The molecule has 0 fully saturated rings. The maximum Gasteiger partial charge on any atom is 0.134 e. The van der Waals surface area contributed by atoms with E-state index in [9.17, 15) is 0 Å². The molecule has 1 N–H and O–H groups in total. The highest BCUT2D eigenvalue weighted by molar-refractivity contribution is 5.77. The predicted octanol–water partition coefficient (Wildman–Crippen LogP) is 4.20. The molecule has 0 amide bonds. The third-order valence-electron chi connectivity index (χ3n) is 4.27. The fraction of sp³-hybridized carbons (Fsp3) is 0.556. The van der Waals surface area contributed by atoms with Gasteiger partial charge in [0.15, 0.2) is 0 Å². The van der Waals surface area contributed by atoms with Crippen molar-refractivity contribution < 1.29 is 4.42 Å². The van der Waals surface area contributed by atoms with E-state index in [1.165, 1.54) is 18.2 Å². The summed E-state index contributed by atoms with van der Waals surface area (Å²) in [4.78, 5) is 2.44. The molecule has 1 unspecified atom stereocenters. The summed E-state index contributed by atoms with van der Waals surface area (Å²) in [6.07, 6.45) is 2.37. The highest BCUT2D eigenvalue weighted by Gasteiger charge is 2.20.